The molecule has 2 heterocycles. The van der Waals surface area contributed by atoms with Gasteiger partial charge >= 0.3 is 0 Å². The van der Waals surface area contributed by atoms with Crippen molar-refractivity contribution in [1.82, 2.24) is 20.6 Å². The summed E-state index contributed by atoms with van der Waals surface area (Å²) in [5.41, 5.74) is 1.40. The first kappa shape index (κ1) is 15.9. The molecule has 0 aliphatic carbocycles. The van der Waals surface area contributed by atoms with Crippen LogP contribution in [0.1, 0.15) is 31.5 Å². The maximum atomic E-state index is 14.4. The lowest BCUT2D eigenvalue weighted by Gasteiger charge is -2.23. The maximum Gasteiger partial charge on any atom is 0.216 e. The van der Waals surface area contributed by atoms with Gasteiger partial charge in [0.05, 0.1) is 5.69 Å². The van der Waals surface area contributed by atoms with Crippen LogP contribution in [0.15, 0.2) is 24.4 Å². The average molecular weight is 327 g/mol. The van der Waals surface area contributed by atoms with Crippen LogP contribution in [0.4, 0.5) is 15.8 Å². The lowest BCUT2D eigenvalue weighted by molar-refractivity contribution is 0.617. The second-order valence-electron chi connectivity index (χ2n) is 5.62. The molecule has 0 unspecified atom stereocenters. The molecule has 0 atom stereocenters. The Kier molecular flexibility index (Phi) is 5.01. The lowest BCUT2D eigenvalue weighted by atomic mass is 10.2. The predicted molar refractivity (Wildman–Crippen MR) is 88.5 cm³/mol. The number of nitriles is 1. The van der Waals surface area contributed by atoms with Gasteiger partial charge in [-0.2, -0.15) is 10.5 Å². The van der Waals surface area contributed by atoms with Crippen LogP contribution in [0.25, 0.3) is 5.57 Å². The number of nitrogens with zero attached hydrogens (tertiary/aromatic N) is 5. The summed E-state index contributed by atoms with van der Waals surface area (Å²) in [6.07, 6.45) is 6.03. The summed E-state index contributed by atoms with van der Waals surface area (Å²) in [6.45, 7) is 1.78. The number of anilines is 2. The second-order valence-corrected chi connectivity index (χ2v) is 5.62. The molecule has 0 radical (unpaired) electrons. The van der Waals surface area contributed by atoms with Crippen LogP contribution in [0.5, 0.6) is 0 Å². The number of benzene rings is 1. The Morgan fingerprint density at radius 3 is 2.71 bits per heavy atom. The monoisotopic (exact) mass is 327 g/mol. The van der Waals surface area contributed by atoms with E-state index in [-0.39, 0.29) is 17.2 Å². The molecule has 2 N–H and O–H groups in total. The Bertz CT molecular complexity index is 740. The van der Waals surface area contributed by atoms with Crippen molar-refractivity contribution in [3.63, 3.8) is 0 Å². The van der Waals surface area contributed by atoms with E-state index in [0.717, 1.165) is 25.9 Å². The Labute approximate surface area is 139 Å². The summed E-state index contributed by atoms with van der Waals surface area (Å²) >= 11 is 0. The third-order valence-corrected chi connectivity index (χ3v) is 3.98. The minimum atomic E-state index is -0.270. The number of nitrogens with one attached hydrogen (secondary N) is 2. The molecule has 8 heteroatoms. The van der Waals surface area contributed by atoms with Crippen molar-refractivity contribution in [3.8, 4) is 6.07 Å². The minimum absolute atomic E-state index is 0.187. The van der Waals surface area contributed by atoms with E-state index in [0.29, 0.717) is 11.4 Å². The highest BCUT2D eigenvalue weighted by molar-refractivity contribution is 5.74. The molecule has 1 aromatic carbocycles. The van der Waals surface area contributed by atoms with Crippen LogP contribution in [-0.2, 0) is 0 Å². The van der Waals surface area contributed by atoms with Crippen LogP contribution in [0, 0.1) is 17.1 Å². The first-order valence-corrected chi connectivity index (χ1v) is 7.93. The fourth-order valence-electron chi connectivity index (χ4n) is 2.74. The van der Waals surface area contributed by atoms with E-state index in [1.807, 2.05) is 6.07 Å². The van der Waals surface area contributed by atoms with Crippen LogP contribution in [-0.4, -0.2) is 33.7 Å². The van der Waals surface area contributed by atoms with Crippen LogP contribution in [0.2, 0.25) is 0 Å². The summed E-state index contributed by atoms with van der Waals surface area (Å²) in [5.74, 6) is -0.0833. The molecule has 7 nitrogen and oxygen atoms in total. The number of rotatable bonds is 4. The quantitative estimate of drug-likeness (QED) is 0.839. The lowest BCUT2D eigenvalue weighted by Crippen LogP contribution is -2.24. The van der Waals surface area contributed by atoms with E-state index in [9.17, 15) is 4.39 Å². The van der Waals surface area contributed by atoms with Gasteiger partial charge in [-0.25, -0.2) is 4.39 Å². The van der Waals surface area contributed by atoms with Crippen molar-refractivity contribution in [2.45, 2.75) is 25.7 Å². The van der Waals surface area contributed by atoms with Crippen LogP contribution in [0.3, 0.4) is 0 Å². The van der Waals surface area contributed by atoms with E-state index in [1.54, 1.807) is 12.1 Å². The Morgan fingerprint density at radius 2 is 2.08 bits per heavy atom. The molecule has 124 valence electrons. The van der Waals surface area contributed by atoms with Crippen LogP contribution >= 0.6 is 0 Å². The Balaban J connectivity index is 1.74. The van der Waals surface area contributed by atoms with Crippen molar-refractivity contribution in [3.05, 3.63) is 36.0 Å². The predicted octanol–water partition coefficient (Wildman–Crippen LogP) is 2.70. The molecule has 0 bridgehead atoms. The van der Waals surface area contributed by atoms with Gasteiger partial charge in [0.2, 0.25) is 5.82 Å². The second kappa shape index (κ2) is 7.55. The van der Waals surface area contributed by atoms with Gasteiger partial charge < -0.3 is 10.2 Å². The van der Waals surface area contributed by atoms with Gasteiger partial charge in [0.1, 0.15) is 17.5 Å². The number of aromatic nitrogens is 4. The third kappa shape index (κ3) is 3.68. The number of halogens is 1. The normalized spacial score (nSPS) is 15.7. The van der Waals surface area contributed by atoms with Gasteiger partial charge in [0.25, 0.3) is 0 Å². The molecule has 1 saturated heterocycles. The maximum absolute atomic E-state index is 14.4. The highest BCUT2D eigenvalue weighted by atomic mass is 19.1. The SMILES string of the molecule is N#CC(=CNc1ccc(N2CCCCCC2)c(F)c1)c1nn[nH]n1. The first-order valence-electron chi connectivity index (χ1n) is 7.93. The smallest absolute Gasteiger partial charge is 0.216 e. The van der Waals surface area contributed by atoms with Crippen molar-refractivity contribution in [2.24, 2.45) is 0 Å². The molecule has 1 fully saturated rings. The average Bonchev–Trinajstić information content (AvgIpc) is 2.98. The molecule has 0 saturated carbocycles. The number of hydrogen-bond donors (Lipinski definition) is 2. The third-order valence-electron chi connectivity index (χ3n) is 3.98. The largest absolute Gasteiger partial charge is 0.369 e. The van der Waals surface area contributed by atoms with Gasteiger partial charge in [-0.3, -0.25) is 0 Å². The van der Waals surface area contributed by atoms with Gasteiger partial charge in [-0.15, -0.1) is 10.2 Å². The number of tetrazole rings is 1. The number of H-pyrrole nitrogens is 1. The number of hydrogen-bond acceptors (Lipinski definition) is 6. The molecule has 24 heavy (non-hydrogen) atoms. The van der Waals surface area contributed by atoms with Crippen molar-refractivity contribution in [2.75, 3.05) is 23.3 Å². The number of allylic oxidation sites excluding steroid dienone is 1. The summed E-state index contributed by atoms with van der Waals surface area (Å²) in [4.78, 5) is 2.10. The zero-order chi connectivity index (χ0) is 16.8. The standard InChI is InChI=1S/C16H18FN7/c17-14-9-13(19-11-12(10-18)16-20-22-23-21-16)5-6-15(14)24-7-3-1-2-4-8-24/h5-6,9,11,19H,1-4,7-8H2,(H,20,21,22,23). The highest BCUT2D eigenvalue weighted by Crippen LogP contribution is 2.25. The molecule has 1 aromatic heterocycles. The minimum Gasteiger partial charge on any atom is -0.369 e. The van der Waals surface area contributed by atoms with E-state index in [1.165, 1.54) is 25.1 Å². The van der Waals surface area contributed by atoms with E-state index < -0.39 is 0 Å². The molecule has 0 amide bonds. The van der Waals surface area contributed by atoms with Gasteiger partial charge in [0, 0.05) is 25.0 Å². The zero-order valence-corrected chi connectivity index (χ0v) is 13.2. The highest BCUT2D eigenvalue weighted by Gasteiger charge is 2.14. The zero-order valence-electron chi connectivity index (χ0n) is 13.2. The van der Waals surface area contributed by atoms with Crippen molar-refractivity contribution in [1.29, 1.82) is 5.26 Å². The molecule has 1 aliphatic heterocycles. The summed E-state index contributed by atoms with van der Waals surface area (Å²) < 4.78 is 14.4. The van der Waals surface area contributed by atoms with E-state index in [2.05, 4.69) is 30.8 Å². The van der Waals surface area contributed by atoms with Crippen molar-refractivity contribution >= 4 is 16.9 Å². The molecular weight excluding hydrogens is 309 g/mol. The Hall–Kier alpha value is -2.95. The van der Waals surface area contributed by atoms with Gasteiger partial charge in [0.15, 0.2) is 0 Å². The molecule has 0 spiro atoms. The summed E-state index contributed by atoms with van der Waals surface area (Å²) in [6, 6.07) is 6.98. The van der Waals surface area contributed by atoms with E-state index >= 15 is 0 Å². The summed E-state index contributed by atoms with van der Waals surface area (Å²) in [7, 11) is 0. The van der Waals surface area contributed by atoms with E-state index in [4.69, 9.17) is 5.26 Å². The topological polar surface area (TPSA) is 93.5 Å². The fourth-order valence-corrected chi connectivity index (χ4v) is 2.74. The molecule has 3 rings (SSSR count). The first-order chi connectivity index (χ1) is 11.8. The van der Waals surface area contributed by atoms with Crippen molar-refractivity contribution < 1.29 is 4.39 Å². The van der Waals surface area contributed by atoms with Crippen LogP contribution < -0.4 is 10.2 Å². The molecule has 2 aromatic rings. The van der Waals surface area contributed by atoms with Gasteiger partial charge in [-0.1, -0.05) is 12.8 Å². The number of aromatic amines is 1. The summed E-state index contributed by atoms with van der Waals surface area (Å²) in [5, 5.41) is 25.2. The fraction of sp³-hybridized carbons (Fsp3) is 0.375. The van der Waals surface area contributed by atoms with Gasteiger partial charge in [-0.05, 0) is 36.3 Å². The molecular formula is C16H18FN7. The molecule has 1 aliphatic rings. The Morgan fingerprint density at radius 1 is 1.29 bits per heavy atom.